The summed E-state index contributed by atoms with van der Waals surface area (Å²) < 4.78 is 5.44. The van der Waals surface area contributed by atoms with Crippen LogP contribution >= 0.6 is 23.4 Å². The van der Waals surface area contributed by atoms with E-state index in [2.05, 4.69) is 10.6 Å². The number of unbranched alkanes of at least 4 members (excludes halogenated alkanes) is 1. The molecule has 0 fully saturated rings. The quantitative estimate of drug-likeness (QED) is 0.305. The van der Waals surface area contributed by atoms with Crippen LogP contribution in [0.1, 0.15) is 64.1 Å². The normalized spacial score (nSPS) is 12.8. The van der Waals surface area contributed by atoms with Crippen LogP contribution in [0, 0.1) is 6.92 Å². The molecule has 0 heterocycles. The molecular formula is C29H40ClN3O4S. The fourth-order valence-electron chi connectivity index (χ4n) is 3.93. The number of benzene rings is 2. The number of hydrogen-bond acceptors (Lipinski definition) is 5. The smallest absolute Gasteiger partial charge is 0.408 e. The number of hydrogen-bond donors (Lipinski definition) is 2. The molecule has 0 aliphatic rings. The Morgan fingerprint density at radius 3 is 2.34 bits per heavy atom. The van der Waals surface area contributed by atoms with Crippen LogP contribution in [0.15, 0.2) is 48.5 Å². The third-order valence-corrected chi connectivity index (χ3v) is 6.74. The Morgan fingerprint density at radius 1 is 1.08 bits per heavy atom. The lowest BCUT2D eigenvalue weighted by molar-refractivity contribution is -0.141. The van der Waals surface area contributed by atoms with Crippen LogP contribution in [-0.4, -0.2) is 53.0 Å². The molecule has 3 amide bonds. The Balaban J connectivity index is 2.50. The van der Waals surface area contributed by atoms with Gasteiger partial charge in [-0.05, 0) is 69.7 Å². The molecule has 0 aliphatic heterocycles. The highest BCUT2D eigenvalue weighted by atomic mass is 35.5. The van der Waals surface area contributed by atoms with Crippen molar-refractivity contribution in [3.8, 4) is 0 Å². The standard InChI is InChI=1S/C29H40ClN3O4S/c1-7-8-18-33(27(35)23(17-19-38-6)31-28(36)37-29(3,4)5)25(21-14-10-9-11-15-21)26(34)32-24-20(2)13-12-16-22(24)30/h9-16,23,25H,7-8,17-19H2,1-6H3,(H,31,36)(H,32,34). The van der Waals surface area contributed by atoms with Gasteiger partial charge in [-0.3, -0.25) is 9.59 Å². The lowest BCUT2D eigenvalue weighted by atomic mass is 10.0. The number of rotatable bonds is 12. The SMILES string of the molecule is CCCCN(C(=O)C(CCSC)NC(=O)OC(C)(C)C)C(C(=O)Nc1c(C)cccc1Cl)c1ccccc1. The minimum absolute atomic E-state index is 0.335. The van der Waals surface area contributed by atoms with Crippen molar-refractivity contribution in [3.63, 3.8) is 0 Å². The number of anilines is 1. The van der Waals surface area contributed by atoms with E-state index in [-0.39, 0.29) is 11.8 Å². The highest BCUT2D eigenvalue weighted by Gasteiger charge is 2.36. The lowest BCUT2D eigenvalue weighted by Gasteiger charge is -2.34. The van der Waals surface area contributed by atoms with Gasteiger partial charge in [0.15, 0.2) is 0 Å². The summed E-state index contributed by atoms with van der Waals surface area (Å²) >= 11 is 7.99. The molecule has 2 rings (SSSR count). The van der Waals surface area contributed by atoms with Crippen LogP contribution < -0.4 is 10.6 Å². The van der Waals surface area contributed by atoms with Crippen molar-refractivity contribution in [1.29, 1.82) is 0 Å². The maximum Gasteiger partial charge on any atom is 0.408 e. The van der Waals surface area contributed by atoms with Crippen LogP contribution in [0.3, 0.4) is 0 Å². The second kappa shape index (κ2) is 15.0. The van der Waals surface area contributed by atoms with Crippen molar-refractivity contribution in [3.05, 3.63) is 64.7 Å². The van der Waals surface area contributed by atoms with Crippen molar-refractivity contribution in [2.24, 2.45) is 0 Å². The second-order valence-electron chi connectivity index (χ2n) is 10.1. The number of alkyl carbamates (subject to hydrolysis) is 1. The molecule has 208 valence electrons. The van der Waals surface area contributed by atoms with Crippen LogP contribution in [0.25, 0.3) is 0 Å². The Labute approximate surface area is 236 Å². The Bertz CT molecular complexity index is 1050. The van der Waals surface area contributed by atoms with Crippen LogP contribution in [-0.2, 0) is 14.3 Å². The van der Waals surface area contributed by atoms with E-state index in [1.54, 1.807) is 43.5 Å². The van der Waals surface area contributed by atoms with Gasteiger partial charge in [0.25, 0.3) is 5.91 Å². The van der Waals surface area contributed by atoms with Gasteiger partial charge in [-0.25, -0.2) is 4.79 Å². The Morgan fingerprint density at radius 2 is 1.76 bits per heavy atom. The predicted molar refractivity (Wildman–Crippen MR) is 157 cm³/mol. The fraction of sp³-hybridized carbons (Fsp3) is 0.483. The average molecular weight is 562 g/mol. The number of aryl methyl sites for hydroxylation is 1. The van der Waals surface area contributed by atoms with Gasteiger partial charge < -0.3 is 20.3 Å². The van der Waals surface area contributed by atoms with E-state index >= 15 is 0 Å². The number of nitrogens with one attached hydrogen (secondary N) is 2. The third kappa shape index (κ3) is 9.55. The summed E-state index contributed by atoms with van der Waals surface area (Å²) in [5.41, 5.74) is 1.28. The van der Waals surface area contributed by atoms with Crippen LogP contribution in [0.2, 0.25) is 5.02 Å². The topological polar surface area (TPSA) is 87.7 Å². The summed E-state index contributed by atoms with van der Waals surface area (Å²) in [6.45, 7) is 9.54. The molecule has 2 atom stereocenters. The molecule has 2 unspecified atom stereocenters. The molecule has 2 N–H and O–H groups in total. The van der Waals surface area contributed by atoms with E-state index in [0.717, 1.165) is 12.0 Å². The zero-order chi connectivity index (χ0) is 28.3. The van der Waals surface area contributed by atoms with E-state index in [0.29, 0.717) is 41.4 Å². The van der Waals surface area contributed by atoms with Crippen LogP contribution in [0.5, 0.6) is 0 Å². The lowest BCUT2D eigenvalue weighted by Crippen LogP contribution is -2.52. The molecular weight excluding hydrogens is 522 g/mol. The van der Waals surface area contributed by atoms with Gasteiger partial charge >= 0.3 is 6.09 Å². The number of carbonyl (C=O) groups is 3. The maximum atomic E-state index is 14.1. The molecule has 0 radical (unpaired) electrons. The fourth-order valence-corrected chi connectivity index (χ4v) is 4.67. The van der Waals surface area contributed by atoms with Gasteiger partial charge in [0.05, 0.1) is 10.7 Å². The summed E-state index contributed by atoms with van der Waals surface area (Å²) in [6, 6.07) is 12.8. The van der Waals surface area contributed by atoms with E-state index in [9.17, 15) is 14.4 Å². The van der Waals surface area contributed by atoms with Gasteiger partial charge in [0, 0.05) is 6.54 Å². The maximum absolute atomic E-state index is 14.1. The Kier molecular flexibility index (Phi) is 12.5. The largest absolute Gasteiger partial charge is 0.444 e. The first kappa shape index (κ1) is 31.5. The molecule has 2 aromatic rings. The van der Waals surface area contributed by atoms with Gasteiger partial charge in [-0.1, -0.05) is 67.4 Å². The average Bonchev–Trinajstić information content (AvgIpc) is 2.85. The molecule has 9 heteroatoms. The van der Waals surface area contributed by atoms with Gasteiger partial charge in [0.2, 0.25) is 5.91 Å². The summed E-state index contributed by atoms with van der Waals surface area (Å²) in [7, 11) is 0. The summed E-state index contributed by atoms with van der Waals surface area (Å²) in [5, 5.41) is 6.14. The summed E-state index contributed by atoms with van der Waals surface area (Å²) in [4.78, 5) is 42.2. The summed E-state index contributed by atoms with van der Waals surface area (Å²) in [5.74, 6) is -0.0644. The first-order valence-corrected chi connectivity index (χ1v) is 14.7. The molecule has 0 spiro atoms. The minimum atomic E-state index is -0.928. The van der Waals surface area contributed by atoms with Crippen molar-refractivity contribution in [1.82, 2.24) is 10.2 Å². The zero-order valence-electron chi connectivity index (χ0n) is 23.2. The zero-order valence-corrected chi connectivity index (χ0v) is 24.7. The molecule has 0 aliphatic carbocycles. The van der Waals surface area contributed by atoms with E-state index in [4.69, 9.17) is 16.3 Å². The van der Waals surface area contributed by atoms with Crippen LogP contribution in [0.4, 0.5) is 10.5 Å². The van der Waals surface area contributed by atoms with E-state index < -0.39 is 23.8 Å². The molecule has 2 aromatic carbocycles. The molecule has 0 saturated heterocycles. The van der Waals surface area contributed by atoms with Gasteiger partial charge in [-0.15, -0.1) is 0 Å². The van der Waals surface area contributed by atoms with Crippen molar-refractivity contribution in [2.75, 3.05) is 23.9 Å². The molecule has 38 heavy (non-hydrogen) atoms. The minimum Gasteiger partial charge on any atom is -0.444 e. The first-order valence-electron chi connectivity index (χ1n) is 12.9. The van der Waals surface area contributed by atoms with Crippen molar-refractivity contribution in [2.45, 2.75) is 71.6 Å². The molecule has 0 bridgehead atoms. The molecule has 7 nitrogen and oxygen atoms in total. The number of thioether (sulfide) groups is 1. The summed E-state index contributed by atoms with van der Waals surface area (Å²) in [6.07, 6.45) is 3.19. The highest BCUT2D eigenvalue weighted by molar-refractivity contribution is 7.98. The van der Waals surface area contributed by atoms with Gasteiger partial charge in [-0.2, -0.15) is 11.8 Å². The molecule has 0 aromatic heterocycles. The highest BCUT2D eigenvalue weighted by Crippen LogP contribution is 2.29. The first-order chi connectivity index (χ1) is 18.0. The number of halogens is 1. The van der Waals surface area contributed by atoms with Crippen molar-refractivity contribution >= 4 is 47.0 Å². The van der Waals surface area contributed by atoms with E-state index in [1.807, 2.05) is 62.6 Å². The van der Waals surface area contributed by atoms with E-state index in [1.165, 1.54) is 0 Å². The van der Waals surface area contributed by atoms with Crippen molar-refractivity contribution < 1.29 is 19.1 Å². The Hall–Kier alpha value is -2.71. The monoisotopic (exact) mass is 561 g/mol. The second-order valence-corrected chi connectivity index (χ2v) is 11.5. The predicted octanol–water partition coefficient (Wildman–Crippen LogP) is 6.60. The third-order valence-electron chi connectivity index (χ3n) is 5.78. The number of nitrogens with zero attached hydrogens (tertiary/aromatic N) is 1. The number of ether oxygens (including phenoxy) is 1. The number of carbonyl (C=O) groups excluding carboxylic acids is 3. The van der Waals surface area contributed by atoms with Gasteiger partial charge in [0.1, 0.15) is 17.7 Å². The number of para-hydroxylation sites is 1. The molecule has 0 saturated carbocycles. The number of amides is 3.